The van der Waals surface area contributed by atoms with E-state index in [-0.39, 0.29) is 0 Å². The van der Waals surface area contributed by atoms with Gasteiger partial charge in [-0.05, 0) is 26.0 Å². The van der Waals surface area contributed by atoms with Crippen molar-refractivity contribution in [3.8, 4) is 6.07 Å². The van der Waals surface area contributed by atoms with Gasteiger partial charge >= 0.3 is 0 Å². The number of nitrogens with zero attached hydrogens (tertiary/aromatic N) is 5. The molecule has 2 aromatic rings. The van der Waals surface area contributed by atoms with Crippen molar-refractivity contribution in [1.82, 2.24) is 14.9 Å². The molecule has 3 heterocycles. The predicted molar refractivity (Wildman–Crippen MR) is 88.0 cm³/mol. The van der Waals surface area contributed by atoms with Gasteiger partial charge in [0.15, 0.2) is 0 Å². The van der Waals surface area contributed by atoms with Crippen molar-refractivity contribution in [2.24, 2.45) is 0 Å². The van der Waals surface area contributed by atoms with E-state index in [1.54, 1.807) is 11.3 Å². The lowest BCUT2D eigenvalue weighted by Gasteiger charge is -2.38. The van der Waals surface area contributed by atoms with Crippen LogP contribution in [0.2, 0.25) is 0 Å². The molecule has 1 saturated heterocycles. The Morgan fingerprint density at radius 2 is 2.05 bits per heavy atom. The summed E-state index contributed by atoms with van der Waals surface area (Å²) in [4.78, 5) is 13.6. The molecule has 0 bridgehead atoms. The Morgan fingerprint density at radius 1 is 1.27 bits per heavy atom. The summed E-state index contributed by atoms with van der Waals surface area (Å²) < 4.78 is 0. The van der Waals surface area contributed by atoms with Gasteiger partial charge in [-0.15, -0.1) is 11.3 Å². The smallest absolute Gasteiger partial charge is 0.146 e. The largest absolute Gasteiger partial charge is 0.353 e. The third-order valence-corrected chi connectivity index (χ3v) is 5.05. The van der Waals surface area contributed by atoms with Crippen LogP contribution in [-0.4, -0.2) is 41.0 Å². The maximum absolute atomic E-state index is 9.27. The van der Waals surface area contributed by atoms with Crippen molar-refractivity contribution < 1.29 is 0 Å². The maximum atomic E-state index is 9.27. The molecule has 5 nitrogen and oxygen atoms in total. The lowest BCUT2D eigenvalue weighted by molar-refractivity contribution is 0.198. The van der Waals surface area contributed by atoms with Crippen LogP contribution in [0.15, 0.2) is 23.7 Å². The third-order valence-electron chi connectivity index (χ3n) is 4.11. The molecule has 3 rings (SSSR count). The van der Waals surface area contributed by atoms with E-state index < -0.39 is 0 Å². The molecular formula is C16H19N5S. The quantitative estimate of drug-likeness (QED) is 0.872. The minimum atomic E-state index is 0.350. The summed E-state index contributed by atoms with van der Waals surface area (Å²) in [7, 11) is 0. The molecule has 6 heteroatoms. The van der Waals surface area contributed by atoms with Crippen LogP contribution in [0.4, 0.5) is 5.82 Å². The molecule has 1 aliphatic rings. The molecule has 2 aromatic heterocycles. The Bertz CT molecular complexity index is 668. The van der Waals surface area contributed by atoms with Crippen LogP contribution < -0.4 is 4.90 Å². The highest BCUT2D eigenvalue weighted by Crippen LogP contribution is 2.25. The fourth-order valence-corrected chi connectivity index (χ4v) is 3.52. The van der Waals surface area contributed by atoms with Crippen LogP contribution in [0.25, 0.3) is 0 Å². The fraction of sp³-hybridized carbons (Fsp3) is 0.438. The molecule has 0 aliphatic carbocycles. The molecule has 1 unspecified atom stereocenters. The topological polar surface area (TPSA) is 56.1 Å². The Hall–Kier alpha value is -1.97. The van der Waals surface area contributed by atoms with Crippen LogP contribution in [0.5, 0.6) is 0 Å². The molecular weight excluding hydrogens is 294 g/mol. The second-order valence-electron chi connectivity index (χ2n) is 5.50. The zero-order valence-electron chi connectivity index (χ0n) is 12.9. The molecule has 1 aliphatic heterocycles. The first-order chi connectivity index (χ1) is 10.7. The van der Waals surface area contributed by atoms with Crippen molar-refractivity contribution in [3.05, 3.63) is 40.0 Å². The van der Waals surface area contributed by atoms with Crippen molar-refractivity contribution in [1.29, 1.82) is 5.26 Å². The number of rotatable bonds is 3. The Kier molecular flexibility index (Phi) is 4.36. The number of hydrogen-bond donors (Lipinski definition) is 0. The SMILES string of the molecule is Cc1ccc(C#N)c(N2CCN(C(C)c3nccs3)CC2)n1. The van der Waals surface area contributed by atoms with E-state index in [9.17, 15) is 5.26 Å². The van der Waals surface area contributed by atoms with E-state index in [0.717, 1.165) is 37.7 Å². The summed E-state index contributed by atoms with van der Waals surface area (Å²) in [5.74, 6) is 0.823. The van der Waals surface area contributed by atoms with E-state index in [1.165, 1.54) is 5.01 Å². The summed E-state index contributed by atoms with van der Waals surface area (Å²) >= 11 is 1.71. The Labute approximate surface area is 134 Å². The first-order valence-corrected chi connectivity index (χ1v) is 8.33. The molecule has 0 saturated carbocycles. The number of hydrogen-bond acceptors (Lipinski definition) is 6. The van der Waals surface area contributed by atoms with Gasteiger partial charge < -0.3 is 4.90 Å². The monoisotopic (exact) mass is 313 g/mol. The van der Waals surface area contributed by atoms with Crippen molar-refractivity contribution in [3.63, 3.8) is 0 Å². The summed E-state index contributed by atoms with van der Waals surface area (Å²) in [6.45, 7) is 7.87. The van der Waals surface area contributed by atoms with E-state index in [0.29, 0.717) is 11.6 Å². The molecule has 0 amide bonds. The average Bonchev–Trinajstić information content (AvgIpc) is 3.09. The third kappa shape index (κ3) is 2.96. The van der Waals surface area contributed by atoms with Gasteiger partial charge in [-0.25, -0.2) is 9.97 Å². The van der Waals surface area contributed by atoms with Gasteiger partial charge in [-0.1, -0.05) is 0 Å². The van der Waals surface area contributed by atoms with Crippen LogP contribution in [-0.2, 0) is 0 Å². The lowest BCUT2D eigenvalue weighted by atomic mass is 10.2. The second-order valence-corrected chi connectivity index (χ2v) is 6.43. The Balaban J connectivity index is 1.70. The van der Waals surface area contributed by atoms with Crippen molar-refractivity contribution in [2.75, 3.05) is 31.1 Å². The van der Waals surface area contributed by atoms with Crippen LogP contribution in [0, 0.1) is 18.3 Å². The Morgan fingerprint density at radius 3 is 2.68 bits per heavy atom. The van der Waals surface area contributed by atoms with Crippen LogP contribution in [0.1, 0.15) is 29.2 Å². The van der Waals surface area contributed by atoms with E-state index in [1.807, 2.05) is 30.6 Å². The second kappa shape index (κ2) is 6.42. The minimum Gasteiger partial charge on any atom is -0.353 e. The van der Waals surface area contributed by atoms with E-state index in [2.05, 4.69) is 32.8 Å². The van der Waals surface area contributed by atoms with Crippen LogP contribution in [0.3, 0.4) is 0 Å². The fourth-order valence-electron chi connectivity index (χ4n) is 2.79. The van der Waals surface area contributed by atoms with Gasteiger partial charge in [0, 0.05) is 43.4 Å². The highest BCUT2D eigenvalue weighted by Gasteiger charge is 2.25. The normalized spacial score (nSPS) is 17.2. The molecule has 0 aromatic carbocycles. The molecule has 0 radical (unpaired) electrons. The predicted octanol–water partition coefficient (Wildman–Crippen LogP) is 2.60. The highest BCUT2D eigenvalue weighted by atomic mass is 32.1. The van der Waals surface area contributed by atoms with Gasteiger partial charge in [-0.3, -0.25) is 4.90 Å². The molecule has 0 spiro atoms. The number of anilines is 1. The molecule has 0 N–H and O–H groups in total. The number of aryl methyl sites for hydroxylation is 1. The number of pyridine rings is 1. The van der Waals surface area contributed by atoms with Crippen molar-refractivity contribution in [2.45, 2.75) is 19.9 Å². The number of thiazole rings is 1. The number of piperazine rings is 1. The zero-order chi connectivity index (χ0) is 15.5. The first-order valence-electron chi connectivity index (χ1n) is 7.45. The van der Waals surface area contributed by atoms with E-state index >= 15 is 0 Å². The van der Waals surface area contributed by atoms with Gasteiger partial charge in [0.25, 0.3) is 0 Å². The maximum Gasteiger partial charge on any atom is 0.146 e. The number of nitriles is 1. The molecule has 114 valence electrons. The van der Waals surface area contributed by atoms with Gasteiger partial charge in [0.2, 0.25) is 0 Å². The zero-order valence-corrected chi connectivity index (χ0v) is 13.7. The highest BCUT2D eigenvalue weighted by molar-refractivity contribution is 7.09. The standard InChI is InChI=1S/C16H19N5S/c1-12-3-4-14(11-17)15(19-12)21-8-6-20(7-9-21)13(2)16-18-5-10-22-16/h3-5,10,13H,6-9H2,1-2H3. The summed E-state index contributed by atoms with van der Waals surface area (Å²) in [6.07, 6.45) is 1.86. The molecule has 1 atom stereocenters. The summed E-state index contributed by atoms with van der Waals surface area (Å²) in [5, 5.41) is 12.5. The van der Waals surface area contributed by atoms with Gasteiger partial charge in [-0.2, -0.15) is 5.26 Å². The van der Waals surface area contributed by atoms with Crippen LogP contribution >= 0.6 is 11.3 Å². The number of aromatic nitrogens is 2. The molecule has 1 fully saturated rings. The first kappa shape index (κ1) is 14.9. The molecule has 22 heavy (non-hydrogen) atoms. The van der Waals surface area contributed by atoms with E-state index in [4.69, 9.17) is 0 Å². The van der Waals surface area contributed by atoms with Gasteiger partial charge in [0.05, 0.1) is 11.6 Å². The summed E-state index contributed by atoms with van der Waals surface area (Å²) in [6, 6.07) is 6.36. The summed E-state index contributed by atoms with van der Waals surface area (Å²) in [5.41, 5.74) is 1.61. The van der Waals surface area contributed by atoms with Gasteiger partial charge in [0.1, 0.15) is 16.9 Å². The lowest BCUT2D eigenvalue weighted by Crippen LogP contribution is -2.47. The average molecular weight is 313 g/mol. The minimum absolute atomic E-state index is 0.350. The van der Waals surface area contributed by atoms with Crippen molar-refractivity contribution >= 4 is 17.2 Å².